The Hall–Kier alpha value is -1.02. The number of aliphatic hydroxyl groups is 1. The van der Waals surface area contributed by atoms with Crippen molar-refractivity contribution in [2.75, 3.05) is 19.8 Å². The van der Waals surface area contributed by atoms with Gasteiger partial charge in [0.2, 0.25) is 5.91 Å². The molecule has 0 saturated carbocycles. The van der Waals surface area contributed by atoms with E-state index in [4.69, 9.17) is 14.8 Å². The first-order valence-electron chi connectivity index (χ1n) is 15.5. The third-order valence-electron chi connectivity index (χ3n) is 6.53. The molecule has 39 heavy (non-hydrogen) atoms. The number of phosphoric ester groups is 1. The lowest BCUT2D eigenvalue weighted by Gasteiger charge is -2.23. The highest BCUT2D eigenvalue weighted by molar-refractivity contribution is 7.47. The molecule has 0 heterocycles. The monoisotopic (exact) mass is 574 g/mol. The van der Waals surface area contributed by atoms with Gasteiger partial charge in [-0.25, -0.2) is 4.57 Å². The Kier molecular flexibility index (Phi) is 26.5. The number of allylic oxidation sites excluding steroid dienone is 3. The van der Waals surface area contributed by atoms with Crippen molar-refractivity contribution in [1.82, 2.24) is 5.32 Å². The van der Waals surface area contributed by atoms with E-state index in [0.717, 1.165) is 38.5 Å². The van der Waals surface area contributed by atoms with Crippen LogP contribution in [0.15, 0.2) is 24.3 Å². The summed E-state index contributed by atoms with van der Waals surface area (Å²) in [5.41, 5.74) is 5.32. The molecule has 0 aromatic heterocycles. The fraction of sp³-hybridized carbons (Fsp3) is 0.833. The molecule has 3 unspecified atom stereocenters. The van der Waals surface area contributed by atoms with Crippen molar-refractivity contribution >= 4 is 13.7 Å². The van der Waals surface area contributed by atoms with E-state index in [1.165, 1.54) is 70.6 Å². The zero-order valence-electron chi connectivity index (χ0n) is 24.9. The van der Waals surface area contributed by atoms with Crippen LogP contribution in [0.4, 0.5) is 0 Å². The van der Waals surface area contributed by atoms with Crippen molar-refractivity contribution in [2.45, 2.75) is 142 Å². The molecular formula is C30H59N2O6P. The third kappa shape index (κ3) is 25.7. The smallest absolute Gasteiger partial charge is 0.387 e. The Labute approximate surface area is 238 Å². The lowest BCUT2D eigenvalue weighted by Crippen LogP contribution is -2.45. The topological polar surface area (TPSA) is 131 Å². The van der Waals surface area contributed by atoms with Gasteiger partial charge in [0.05, 0.1) is 25.4 Å². The molecule has 0 aromatic carbocycles. The first-order valence-corrected chi connectivity index (χ1v) is 17.0. The predicted molar refractivity (Wildman–Crippen MR) is 161 cm³/mol. The van der Waals surface area contributed by atoms with E-state index >= 15 is 0 Å². The van der Waals surface area contributed by atoms with Gasteiger partial charge in [-0.3, -0.25) is 13.8 Å². The zero-order valence-corrected chi connectivity index (χ0v) is 25.8. The average molecular weight is 575 g/mol. The predicted octanol–water partition coefficient (Wildman–Crippen LogP) is 7.10. The molecule has 5 N–H and O–H groups in total. The van der Waals surface area contributed by atoms with Gasteiger partial charge in [0.25, 0.3) is 0 Å². The minimum Gasteiger partial charge on any atom is -0.387 e. The fourth-order valence-electron chi connectivity index (χ4n) is 4.14. The lowest BCUT2D eigenvalue weighted by atomic mass is 10.1. The van der Waals surface area contributed by atoms with Crippen LogP contribution in [0.1, 0.15) is 129 Å². The van der Waals surface area contributed by atoms with Crippen LogP contribution in [0.5, 0.6) is 0 Å². The first kappa shape index (κ1) is 38.0. The van der Waals surface area contributed by atoms with Crippen molar-refractivity contribution in [3.63, 3.8) is 0 Å². The molecule has 1 amide bonds. The Balaban J connectivity index is 4.52. The fourth-order valence-corrected chi connectivity index (χ4v) is 4.90. The summed E-state index contributed by atoms with van der Waals surface area (Å²) < 4.78 is 21.8. The number of rotatable bonds is 28. The number of amides is 1. The third-order valence-corrected chi connectivity index (χ3v) is 7.51. The largest absolute Gasteiger partial charge is 0.472 e. The number of phosphoric acid groups is 1. The van der Waals surface area contributed by atoms with Crippen LogP contribution < -0.4 is 11.1 Å². The number of nitrogens with two attached hydrogens (primary N) is 1. The maximum absolute atomic E-state index is 12.5. The molecule has 0 radical (unpaired) electrons. The van der Waals surface area contributed by atoms with E-state index in [9.17, 15) is 19.4 Å². The van der Waals surface area contributed by atoms with Crippen molar-refractivity contribution in [2.24, 2.45) is 5.73 Å². The first-order chi connectivity index (χ1) is 18.9. The second-order valence-electron chi connectivity index (χ2n) is 10.3. The number of carbonyl (C=O) groups is 1. The summed E-state index contributed by atoms with van der Waals surface area (Å²) in [5.74, 6) is -0.211. The molecule has 0 aliphatic heterocycles. The van der Waals surface area contributed by atoms with Crippen LogP contribution in [-0.4, -0.2) is 47.8 Å². The van der Waals surface area contributed by atoms with E-state index in [1.54, 1.807) is 6.08 Å². The molecule has 8 nitrogen and oxygen atoms in total. The lowest BCUT2D eigenvalue weighted by molar-refractivity contribution is -0.123. The van der Waals surface area contributed by atoms with E-state index in [0.29, 0.717) is 6.42 Å². The van der Waals surface area contributed by atoms with Gasteiger partial charge in [0.15, 0.2) is 0 Å². The quantitative estimate of drug-likeness (QED) is 0.0445. The average Bonchev–Trinajstić information content (AvgIpc) is 2.91. The molecular weight excluding hydrogens is 515 g/mol. The summed E-state index contributed by atoms with van der Waals surface area (Å²) in [6.45, 7) is 4.02. The normalized spacial score (nSPS) is 15.1. The zero-order chi connectivity index (χ0) is 29.0. The van der Waals surface area contributed by atoms with Crippen LogP contribution in [0, 0.1) is 0 Å². The van der Waals surface area contributed by atoms with E-state index < -0.39 is 20.0 Å². The number of hydrogen-bond acceptors (Lipinski definition) is 6. The number of aliphatic hydroxyl groups excluding tert-OH is 1. The standard InChI is InChI=1S/C30H59N2O6P/c1-3-5-7-9-11-13-15-17-19-21-23-29(33)28(27-38-39(35,36)37-26-25-31)32-30(34)24-22-20-18-16-14-12-10-8-6-4-2/h13,15,21,23,28-29,33H,3-12,14,16-20,22,24-27,31H2,1-2H3,(H,32,34)(H,35,36)/b15-13+,23-21+. The minimum atomic E-state index is -4.32. The molecule has 0 saturated heterocycles. The highest BCUT2D eigenvalue weighted by atomic mass is 31.2. The van der Waals surface area contributed by atoms with E-state index in [1.807, 2.05) is 6.08 Å². The van der Waals surface area contributed by atoms with E-state index in [-0.39, 0.29) is 25.7 Å². The van der Waals surface area contributed by atoms with Crippen LogP contribution in [0.2, 0.25) is 0 Å². The van der Waals surface area contributed by atoms with Gasteiger partial charge in [-0.2, -0.15) is 0 Å². The second kappa shape index (κ2) is 27.2. The number of nitrogens with one attached hydrogen (secondary N) is 1. The summed E-state index contributed by atoms with van der Waals surface area (Å²) >= 11 is 0. The van der Waals surface area contributed by atoms with Crippen LogP contribution in [-0.2, 0) is 18.4 Å². The Morgan fingerprint density at radius 2 is 1.36 bits per heavy atom. The second-order valence-corrected chi connectivity index (χ2v) is 11.8. The van der Waals surface area contributed by atoms with Gasteiger partial charge in [-0.15, -0.1) is 0 Å². The number of unbranched alkanes of at least 4 members (excludes halogenated alkanes) is 14. The van der Waals surface area contributed by atoms with Crippen LogP contribution in [0.3, 0.4) is 0 Å². The maximum Gasteiger partial charge on any atom is 0.472 e. The maximum atomic E-state index is 12.5. The Morgan fingerprint density at radius 1 is 0.821 bits per heavy atom. The summed E-state index contributed by atoms with van der Waals surface area (Å²) in [6.07, 6.45) is 26.6. The van der Waals surface area contributed by atoms with Gasteiger partial charge < -0.3 is 21.1 Å². The number of carbonyl (C=O) groups excluding carboxylic acids is 1. The molecule has 0 spiro atoms. The minimum absolute atomic E-state index is 0.0749. The molecule has 0 rings (SSSR count). The molecule has 0 aliphatic rings. The summed E-state index contributed by atoms with van der Waals surface area (Å²) in [5, 5.41) is 13.4. The van der Waals surface area contributed by atoms with Gasteiger partial charge in [-0.05, 0) is 32.1 Å². The molecule has 9 heteroatoms. The van der Waals surface area contributed by atoms with Crippen molar-refractivity contribution < 1.29 is 28.4 Å². The summed E-state index contributed by atoms with van der Waals surface area (Å²) in [7, 11) is -4.32. The van der Waals surface area contributed by atoms with Gasteiger partial charge in [-0.1, -0.05) is 115 Å². The van der Waals surface area contributed by atoms with Gasteiger partial charge in [0, 0.05) is 13.0 Å². The molecule has 0 fully saturated rings. The van der Waals surface area contributed by atoms with Crippen LogP contribution in [0.25, 0.3) is 0 Å². The van der Waals surface area contributed by atoms with Gasteiger partial charge >= 0.3 is 7.82 Å². The van der Waals surface area contributed by atoms with Crippen molar-refractivity contribution in [1.29, 1.82) is 0 Å². The molecule has 0 bridgehead atoms. The molecule has 0 aromatic rings. The summed E-state index contributed by atoms with van der Waals surface area (Å²) in [4.78, 5) is 22.4. The Bertz CT molecular complexity index is 674. The SMILES string of the molecule is CCCCCC/C=C/CC/C=C/C(O)C(COP(=O)(O)OCCN)NC(=O)CCCCCCCCCCCC. The van der Waals surface area contributed by atoms with Crippen LogP contribution >= 0.6 is 7.82 Å². The summed E-state index contributed by atoms with van der Waals surface area (Å²) in [6, 6.07) is -0.868. The van der Waals surface area contributed by atoms with Gasteiger partial charge in [0.1, 0.15) is 0 Å². The van der Waals surface area contributed by atoms with E-state index in [2.05, 4.69) is 31.3 Å². The van der Waals surface area contributed by atoms with Crippen molar-refractivity contribution in [3.05, 3.63) is 24.3 Å². The Morgan fingerprint density at radius 3 is 1.97 bits per heavy atom. The molecule has 3 atom stereocenters. The molecule has 230 valence electrons. The van der Waals surface area contributed by atoms with Crippen molar-refractivity contribution in [3.8, 4) is 0 Å². The molecule has 0 aliphatic carbocycles. The highest BCUT2D eigenvalue weighted by Crippen LogP contribution is 2.43. The highest BCUT2D eigenvalue weighted by Gasteiger charge is 2.26. The number of hydrogen-bond donors (Lipinski definition) is 4.